The summed E-state index contributed by atoms with van der Waals surface area (Å²) in [6, 6.07) is 8.69. The summed E-state index contributed by atoms with van der Waals surface area (Å²) in [4.78, 5) is 3.39. The van der Waals surface area contributed by atoms with Gasteiger partial charge in [0.15, 0.2) is 0 Å². The molecule has 0 fully saturated rings. The fourth-order valence-corrected chi connectivity index (χ4v) is 3.04. The molecule has 0 aliphatic carbocycles. The first-order chi connectivity index (χ1) is 10.1. The normalized spacial score (nSPS) is 12.6. The van der Waals surface area contributed by atoms with E-state index < -0.39 is 11.9 Å². The number of thiophene rings is 1. The first kappa shape index (κ1) is 15.9. The van der Waals surface area contributed by atoms with E-state index in [0.29, 0.717) is 18.7 Å². The Morgan fingerprint density at radius 3 is 2.81 bits per heavy atom. The number of aliphatic hydroxyl groups is 1. The number of nitrogens with zero attached hydrogens (tertiary/aromatic N) is 1. The van der Waals surface area contributed by atoms with Crippen LogP contribution >= 0.6 is 11.3 Å². The second-order valence-corrected chi connectivity index (χ2v) is 6.01. The standard InChI is InChI=1S/C16H20FNO2S/c1-18(11-12-5-4-10-21-12)9-8-14(19)16-13(17)6-3-7-15(16)20-2/h3-7,10,14,19H,8-9,11H2,1-2H3. The molecule has 0 bridgehead atoms. The third kappa shape index (κ3) is 4.27. The van der Waals surface area contributed by atoms with Crippen LogP contribution in [-0.2, 0) is 6.54 Å². The summed E-state index contributed by atoms with van der Waals surface area (Å²) >= 11 is 1.71. The molecule has 0 aliphatic rings. The molecule has 2 aromatic rings. The van der Waals surface area contributed by atoms with E-state index in [0.717, 1.165) is 6.54 Å². The highest BCUT2D eigenvalue weighted by molar-refractivity contribution is 7.09. The molecule has 5 heteroatoms. The highest BCUT2D eigenvalue weighted by atomic mass is 32.1. The monoisotopic (exact) mass is 309 g/mol. The molecule has 3 nitrogen and oxygen atoms in total. The quantitative estimate of drug-likeness (QED) is 0.850. The molecule has 1 unspecified atom stereocenters. The fourth-order valence-electron chi connectivity index (χ4n) is 2.25. The largest absolute Gasteiger partial charge is 0.496 e. The Labute approximate surface area is 128 Å². The van der Waals surface area contributed by atoms with Crippen molar-refractivity contribution in [2.24, 2.45) is 0 Å². The van der Waals surface area contributed by atoms with Crippen molar-refractivity contribution in [1.29, 1.82) is 0 Å². The molecule has 0 spiro atoms. The van der Waals surface area contributed by atoms with Crippen molar-refractivity contribution in [1.82, 2.24) is 4.90 Å². The maximum Gasteiger partial charge on any atom is 0.132 e. The summed E-state index contributed by atoms with van der Waals surface area (Å²) in [6.45, 7) is 1.51. The van der Waals surface area contributed by atoms with E-state index in [9.17, 15) is 9.50 Å². The lowest BCUT2D eigenvalue weighted by Gasteiger charge is -2.20. The van der Waals surface area contributed by atoms with Gasteiger partial charge in [0.05, 0.1) is 18.8 Å². The van der Waals surface area contributed by atoms with Crippen LogP contribution in [-0.4, -0.2) is 30.7 Å². The molecule has 1 aromatic heterocycles. The van der Waals surface area contributed by atoms with Gasteiger partial charge in [-0.05, 0) is 37.0 Å². The molecule has 0 amide bonds. The minimum absolute atomic E-state index is 0.240. The maximum absolute atomic E-state index is 13.9. The number of hydrogen-bond donors (Lipinski definition) is 1. The van der Waals surface area contributed by atoms with Crippen LogP contribution in [0.4, 0.5) is 4.39 Å². The minimum atomic E-state index is -0.869. The number of ether oxygens (including phenoxy) is 1. The third-order valence-corrected chi connectivity index (χ3v) is 4.22. The molecule has 1 aromatic carbocycles. The molecule has 2 rings (SSSR count). The SMILES string of the molecule is COc1cccc(F)c1C(O)CCN(C)Cc1cccs1. The van der Waals surface area contributed by atoms with Gasteiger partial charge in [-0.1, -0.05) is 12.1 Å². The topological polar surface area (TPSA) is 32.7 Å². The molecule has 1 atom stereocenters. The number of aliphatic hydroxyl groups excluding tert-OH is 1. The highest BCUT2D eigenvalue weighted by Crippen LogP contribution is 2.29. The molecule has 114 valence electrons. The molecule has 1 heterocycles. The van der Waals surface area contributed by atoms with E-state index in [1.807, 2.05) is 18.5 Å². The lowest BCUT2D eigenvalue weighted by atomic mass is 10.0. The Balaban J connectivity index is 1.94. The minimum Gasteiger partial charge on any atom is -0.496 e. The maximum atomic E-state index is 13.9. The Kier molecular flexibility index (Phi) is 5.73. The van der Waals surface area contributed by atoms with Crippen molar-refractivity contribution in [3.63, 3.8) is 0 Å². The number of halogens is 1. The van der Waals surface area contributed by atoms with Gasteiger partial charge in [-0.25, -0.2) is 4.39 Å². The Bertz CT molecular complexity index is 559. The zero-order valence-corrected chi connectivity index (χ0v) is 13.1. The Morgan fingerprint density at radius 2 is 2.14 bits per heavy atom. The first-order valence-electron chi connectivity index (χ1n) is 6.83. The smallest absolute Gasteiger partial charge is 0.132 e. The zero-order valence-electron chi connectivity index (χ0n) is 12.3. The summed E-state index contributed by atoms with van der Waals surface area (Å²) in [7, 11) is 3.47. The third-order valence-electron chi connectivity index (χ3n) is 3.36. The van der Waals surface area contributed by atoms with Gasteiger partial charge < -0.3 is 14.7 Å². The van der Waals surface area contributed by atoms with Crippen molar-refractivity contribution < 1.29 is 14.2 Å². The second-order valence-electron chi connectivity index (χ2n) is 4.98. The van der Waals surface area contributed by atoms with Gasteiger partial charge in [-0.3, -0.25) is 0 Å². The number of methoxy groups -OCH3 is 1. The summed E-state index contributed by atoms with van der Waals surface area (Å²) < 4.78 is 19.0. The molecule has 0 aliphatic heterocycles. The predicted molar refractivity (Wildman–Crippen MR) is 83.2 cm³/mol. The van der Waals surface area contributed by atoms with Gasteiger partial charge in [-0.2, -0.15) is 0 Å². The highest BCUT2D eigenvalue weighted by Gasteiger charge is 2.18. The van der Waals surface area contributed by atoms with Gasteiger partial charge >= 0.3 is 0 Å². The van der Waals surface area contributed by atoms with E-state index in [-0.39, 0.29) is 5.56 Å². The summed E-state index contributed by atoms with van der Waals surface area (Å²) in [5, 5.41) is 12.3. The van der Waals surface area contributed by atoms with Crippen LogP contribution in [0.3, 0.4) is 0 Å². The number of rotatable bonds is 7. The van der Waals surface area contributed by atoms with Crippen molar-refractivity contribution in [2.75, 3.05) is 20.7 Å². The second kappa shape index (κ2) is 7.54. The summed E-state index contributed by atoms with van der Waals surface area (Å²) in [5.74, 6) is -0.0360. The van der Waals surface area contributed by atoms with Crippen LogP contribution in [0.2, 0.25) is 0 Å². The van der Waals surface area contributed by atoms with E-state index in [4.69, 9.17) is 4.74 Å². The van der Waals surface area contributed by atoms with E-state index in [1.165, 1.54) is 18.1 Å². The Hall–Kier alpha value is -1.43. The molecule has 0 radical (unpaired) electrons. The van der Waals surface area contributed by atoms with E-state index >= 15 is 0 Å². The zero-order chi connectivity index (χ0) is 15.2. The molecule has 0 saturated carbocycles. The predicted octanol–water partition coefficient (Wildman–Crippen LogP) is 3.45. The van der Waals surface area contributed by atoms with Crippen LogP contribution in [0.15, 0.2) is 35.7 Å². The van der Waals surface area contributed by atoms with Crippen molar-refractivity contribution in [2.45, 2.75) is 19.1 Å². The van der Waals surface area contributed by atoms with E-state index in [2.05, 4.69) is 11.0 Å². The molecular weight excluding hydrogens is 289 g/mol. The number of benzene rings is 1. The van der Waals surface area contributed by atoms with Crippen LogP contribution in [0, 0.1) is 5.82 Å². The lowest BCUT2D eigenvalue weighted by Crippen LogP contribution is -2.20. The van der Waals surface area contributed by atoms with Gasteiger partial charge in [-0.15, -0.1) is 11.3 Å². The van der Waals surface area contributed by atoms with Gasteiger partial charge in [0, 0.05) is 18.0 Å². The van der Waals surface area contributed by atoms with Crippen molar-refractivity contribution >= 4 is 11.3 Å². The van der Waals surface area contributed by atoms with Crippen LogP contribution < -0.4 is 4.74 Å². The van der Waals surface area contributed by atoms with Gasteiger partial charge in [0.2, 0.25) is 0 Å². The molecule has 21 heavy (non-hydrogen) atoms. The average Bonchev–Trinajstić information content (AvgIpc) is 2.97. The van der Waals surface area contributed by atoms with Crippen LogP contribution in [0.25, 0.3) is 0 Å². The van der Waals surface area contributed by atoms with Crippen molar-refractivity contribution in [3.05, 3.63) is 52.0 Å². The molecule has 0 saturated heterocycles. The van der Waals surface area contributed by atoms with E-state index in [1.54, 1.807) is 23.5 Å². The molecule has 1 N–H and O–H groups in total. The lowest BCUT2D eigenvalue weighted by molar-refractivity contribution is 0.140. The van der Waals surface area contributed by atoms with Gasteiger partial charge in [0.25, 0.3) is 0 Å². The summed E-state index contributed by atoms with van der Waals surface area (Å²) in [5.41, 5.74) is 0.240. The number of hydrogen-bond acceptors (Lipinski definition) is 4. The Morgan fingerprint density at radius 1 is 1.33 bits per heavy atom. The summed E-state index contributed by atoms with van der Waals surface area (Å²) in [6.07, 6.45) is -0.411. The fraction of sp³-hybridized carbons (Fsp3) is 0.375. The van der Waals surface area contributed by atoms with Gasteiger partial charge in [0.1, 0.15) is 11.6 Å². The molecular formula is C16H20FNO2S. The van der Waals surface area contributed by atoms with Crippen LogP contribution in [0.5, 0.6) is 5.75 Å². The average molecular weight is 309 g/mol. The first-order valence-corrected chi connectivity index (χ1v) is 7.71. The van der Waals surface area contributed by atoms with Crippen molar-refractivity contribution in [3.8, 4) is 5.75 Å². The van der Waals surface area contributed by atoms with Crippen LogP contribution in [0.1, 0.15) is 23.0 Å².